The Morgan fingerprint density at radius 3 is 2.52 bits per heavy atom. The number of likely N-dealkylation sites (tertiary alicyclic amines) is 1. The molecule has 31 heavy (non-hydrogen) atoms. The van der Waals surface area contributed by atoms with Gasteiger partial charge in [-0.1, -0.05) is 30.3 Å². The van der Waals surface area contributed by atoms with Gasteiger partial charge in [-0.05, 0) is 55.8 Å². The molecule has 1 atom stereocenters. The van der Waals surface area contributed by atoms with E-state index in [9.17, 15) is 8.42 Å². The predicted molar refractivity (Wildman–Crippen MR) is 124 cm³/mol. The first-order valence-corrected chi connectivity index (χ1v) is 12.3. The molecule has 2 aromatic rings. The highest BCUT2D eigenvalue weighted by atomic mass is 32.2. The van der Waals surface area contributed by atoms with E-state index in [2.05, 4.69) is 32.7 Å². The van der Waals surface area contributed by atoms with Gasteiger partial charge in [-0.25, -0.2) is 8.42 Å². The molecule has 1 fully saturated rings. The van der Waals surface area contributed by atoms with Crippen molar-refractivity contribution in [3.05, 3.63) is 60.2 Å². The first kappa shape index (κ1) is 23.1. The van der Waals surface area contributed by atoms with Gasteiger partial charge in [-0.3, -0.25) is 9.89 Å². The first-order chi connectivity index (χ1) is 15.0. The standard InChI is InChI=1S/C23H32N4O3S/c1-24-23(25-13-16-31(28,29)21-11-4-3-5-12-21)26-18-22(27-14-6-7-15-27)19-9-8-10-20(17-19)30-2/h3-5,8-12,17,22H,6-7,13-16,18H2,1-2H3,(H2,24,25,26). The fourth-order valence-electron chi connectivity index (χ4n) is 3.82. The molecule has 2 N–H and O–H groups in total. The van der Waals surface area contributed by atoms with Crippen LogP contribution in [0.4, 0.5) is 0 Å². The number of methoxy groups -OCH3 is 1. The number of ether oxygens (including phenoxy) is 1. The minimum Gasteiger partial charge on any atom is -0.497 e. The second-order valence-corrected chi connectivity index (χ2v) is 9.66. The molecule has 8 heteroatoms. The summed E-state index contributed by atoms with van der Waals surface area (Å²) in [7, 11) is 0.0434. The molecule has 168 valence electrons. The van der Waals surface area contributed by atoms with E-state index in [1.54, 1.807) is 38.4 Å². The Balaban J connectivity index is 1.59. The molecule has 3 rings (SSSR count). The van der Waals surface area contributed by atoms with Gasteiger partial charge in [-0.15, -0.1) is 0 Å². The van der Waals surface area contributed by atoms with Gasteiger partial charge in [0.25, 0.3) is 0 Å². The van der Waals surface area contributed by atoms with Gasteiger partial charge in [-0.2, -0.15) is 0 Å². The maximum absolute atomic E-state index is 12.5. The molecular formula is C23H32N4O3S. The Hall–Kier alpha value is -2.58. The molecule has 0 radical (unpaired) electrons. The van der Waals surface area contributed by atoms with Crippen LogP contribution < -0.4 is 15.4 Å². The second kappa shape index (κ2) is 11.2. The molecular weight excluding hydrogens is 412 g/mol. The number of sulfone groups is 1. The summed E-state index contributed by atoms with van der Waals surface area (Å²) in [5.74, 6) is 1.44. The number of aliphatic imine (C=N–C) groups is 1. The van der Waals surface area contributed by atoms with Crippen molar-refractivity contribution in [2.24, 2.45) is 4.99 Å². The van der Waals surface area contributed by atoms with Crippen LogP contribution in [0.15, 0.2) is 64.5 Å². The predicted octanol–water partition coefficient (Wildman–Crippen LogP) is 2.47. The lowest BCUT2D eigenvalue weighted by Gasteiger charge is -2.29. The zero-order valence-corrected chi connectivity index (χ0v) is 19.1. The summed E-state index contributed by atoms with van der Waals surface area (Å²) in [4.78, 5) is 7.07. The van der Waals surface area contributed by atoms with E-state index in [0.717, 1.165) is 18.8 Å². The monoisotopic (exact) mass is 444 g/mol. The van der Waals surface area contributed by atoms with E-state index in [-0.39, 0.29) is 18.3 Å². The van der Waals surface area contributed by atoms with Crippen LogP contribution >= 0.6 is 0 Å². The number of nitrogens with zero attached hydrogens (tertiary/aromatic N) is 2. The molecule has 0 saturated carbocycles. The molecule has 0 spiro atoms. The van der Waals surface area contributed by atoms with Crippen molar-refractivity contribution in [2.75, 3.05) is 46.1 Å². The Morgan fingerprint density at radius 2 is 1.84 bits per heavy atom. The van der Waals surface area contributed by atoms with Crippen molar-refractivity contribution in [2.45, 2.75) is 23.8 Å². The van der Waals surface area contributed by atoms with Crippen LogP contribution in [0.3, 0.4) is 0 Å². The zero-order chi connectivity index (χ0) is 22.1. The maximum Gasteiger partial charge on any atom is 0.191 e. The SMILES string of the molecule is CN=C(NCCS(=O)(=O)c1ccccc1)NCC(c1cccc(OC)c1)N1CCCC1. The van der Waals surface area contributed by atoms with Crippen molar-refractivity contribution in [1.82, 2.24) is 15.5 Å². The van der Waals surface area contributed by atoms with Crippen LogP contribution in [0, 0.1) is 0 Å². The lowest BCUT2D eigenvalue weighted by atomic mass is 10.1. The fourth-order valence-corrected chi connectivity index (χ4v) is 5.00. The molecule has 0 aliphatic carbocycles. The molecule has 7 nitrogen and oxygen atoms in total. The summed E-state index contributed by atoms with van der Waals surface area (Å²) in [6.07, 6.45) is 2.40. The summed E-state index contributed by atoms with van der Waals surface area (Å²) < 4.78 is 30.3. The van der Waals surface area contributed by atoms with E-state index in [4.69, 9.17) is 4.74 Å². The van der Waals surface area contributed by atoms with Crippen LogP contribution in [0.5, 0.6) is 5.75 Å². The van der Waals surface area contributed by atoms with E-state index in [1.165, 1.54) is 18.4 Å². The first-order valence-electron chi connectivity index (χ1n) is 10.6. The number of nitrogens with one attached hydrogen (secondary N) is 2. The van der Waals surface area contributed by atoms with Crippen molar-refractivity contribution in [3.63, 3.8) is 0 Å². The van der Waals surface area contributed by atoms with Crippen molar-refractivity contribution in [3.8, 4) is 5.75 Å². The number of hydrogen-bond donors (Lipinski definition) is 2. The van der Waals surface area contributed by atoms with Crippen molar-refractivity contribution >= 4 is 15.8 Å². The summed E-state index contributed by atoms with van der Waals surface area (Å²) in [6.45, 7) is 3.07. The van der Waals surface area contributed by atoms with Gasteiger partial charge in [0.05, 0.1) is 23.8 Å². The van der Waals surface area contributed by atoms with E-state index < -0.39 is 9.84 Å². The number of benzene rings is 2. The highest BCUT2D eigenvalue weighted by Gasteiger charge is 2.24. The molecule has 1 unspecified atom stereocenters. The Labute approximate surface area is 185 Å². The average molecular weight is 445 g/mol. The summed E-state index contributed by atoms with van der Waals surface area (Å²) in [5, 5.41) is 6.50. The minimum atomic E-state index is -3.33. The Kier molecular flexibility index (Phi) is 8.31. The van der Waals surface area contributed by atoms with Gasteiger partial charge in [0.1, 0.15) is 5.75 Å². The van der Waals surface area contributed by atoms with Gasteiger partial charge < -0.3 is 15.4 Å². The lowest BCUT2D eigenvalue weighted by molar-refractivity contribution is 0.245. The highest BCUT2D eigenvalue weighted by Crippen LogP contribution is 2.27. The largest absolute Gasteiger partial charge is 0.497 e. The third kappa shape index (κ3) is 6.45. The lowest BCUT2D eigenvalue weighted by Crippen LogP contribution is -2.43. The average Bonchev–Trinajstić information content (AvgIpc) is 3.33. The topological polar surface area (TPSA) is 83.0 Å². The molecule has 0 amide bonds. The summed E-state index contributed by atoms with van der Waals surface area (Å²) in [5.41, 5.74) is 1.19. The Bertz CT molecular complexity index is 958. The highest BCUT2D eigenvalue weighted by molar-refractivity contribution is 7.91. The van der Waals surface area contributed by atoms with Crippen molar-refractivity contribution < 1.29 is 13.2 Å². The molecule has 0 aromatic heterocycles. The molecule has 2 aromatic carbocycles. The van der Waals surface area contributed by atoms with Crippen LogP contribution in [0.1, 0.15) is 24.4 Å². The maximum atomic E-state index is 12.5. The van der Waals surface area contributed by atoms with Gasteiger partial charge in [0.15, 0.2) is 15.8 Å². The molecule has 1 aliphatic heterocycles. The normalized spacial score (nSPS) is 16.1. The fraction of sp³-hybridized carbons (Fsp3) is 0.435. The van der Waals surface area contributed by atoms with Crippen LogP contribution in [0.2, 0.25) is 0 Å². The number of hydrogen-bond acceptors (Lipinski definition) is 5. The third-order valence-electron chi connectivity index (χ3n) is 5.51. The van der Waals surface area contributed by atoms with Gasteiger partial charge >= 0.3 is 0 Å². The molecule has 0 bridgehead atoms. The van der Waals surface area contributed by atoms with Crippen LogP contribution in [-0.2, 0) is 9.84 Å². The smallest absolute Gasteiger partial charge is 0.191 e. The second-order valence-electron chi connectivity index (χ2n) is 7.55. The zero-order valence-electron chi connectivity index (χ0n) is 18.3. The summed E-state index contributed by atoms with van der Waals surface area (Å²) in [6, 6.07) is 16.9. The van der Waals surface area contributed by atoms with Crippen LogP contribution in [0.25, 0.3) is 0 Å². The molecule has 1 aliphatic rings. The summed E-state index contributed by atoms with van der Waals surface area (Å²) >= 11 is 0. The van der Waals surface area contributed by atoms with Crippen molar-refractivity contribution in [1.29, 1.82) is 0 Å². The minimum absolute atomic E-state index is 0.00313. The van der Waals surface area contributed by atoms with Gasteiger partial charge in [0.2, 0.25) is 0 Å². The third-order valence-corrected chi connectivity index (χ3v) is 7.24. The van der Waals surface area contributed by atoms with Crippen LogP contribution in [-0.4, -0.2) is 65.4 Å². The van der Waals surface area contributed by atoms with E-state index >= 15 is 0 Å². The number of guanidine groups is 1. The van der Waals surface area contributed by atoms with E-state index in [1.807, 2.05) is 18.2 Å². The molecule has 1 saturated heterocycles. The van der Waals surface area contributed by atoms with E-state index in [0.29, 0.717) is 17.4 Å². The van der Waals surface area contributed by atoms with Gasteiger partial charge in [0, 0.05) is 20.1 Å². The number of rotatable bonds is 9. The quantitative estimate of drug-likeness (QED) is 0.457. The molecule has 1 heterocycles. The Morgan fingerprint density at radius 1 is 1.10 bits per heavy atom.